The SMILES string of the molecule is C[Si](C)(C)c1cccc2c1ccc1c(Cl)nccc12. The van der Waals surface area contributed by atoms with E-state index in [1.807, 2.05) is 0 Å². The normalized spacial score (nSPS) is 12.2. The van der Waals surface area contributed by atoms with Crippen molar-refractivity contribution in [3.05, 3.63) is 47.7 Å². The number of fused-ring (bicyclic) bond motifs is 3. The molecule has 0 N–H and O–H groups in total. The van der Waals surface area contributed by atoms with Crippen molar-refractivity contribution in [3.63, 3.8) is 0 Å². The predicted molar refractivity (Wildman–Crippen MR) is 87.2 cm³/mol. The molecule has 0 aliphatic rings. The Balaban J connectivity index is 2.49. The van der Waals surface area contributed by atoms with Gasteiger partial charge in [-0.2, -0.15) is 0 Å². The fraction of sp³-hybridized carbons (Fsp3) is 0.188. The van der Waals surface area contributed by atoms with Gasteiger partial charge in [0.25, 0.3) is 0 Å². The number of hydrogen-bond acceptors (Lipinski definition) is 1. The van der Waals surface area contributed by atoms with Crippen molar-refractivity contribution in [1.29, 1.82) is 0 Å². The highest BCUT2D eigenvalue weighted by Crippen LogP contribution is 2.28. The second kappa shape index (κ2) is 4.32. The standard InChI is InChI=1S/C16H16ClNSi/c1-19(2,3)15-6-4-5-11-12-9-10-18-16(17)14(12)8-7-13(11)15/h4-10H,1-3H3. The predicted octanol–water partition coefficient (Wildman–Crippen LogP) is 4.59. The topological polar surface area (TPSA) is 12.9 Å². The van der Waals surface area contributed by atoms with E-state index < -0.39 is 8.07 Å². The van der Waals surface area contributed by atoms with Gasteiger partial charge in [-0.1, -0.05) is 66.8 Å². The van der Waals surface area contributed by atoms with Gasteiger partial charge in [0.05, 0.1) is 8.07 Å². The summed E-state index contributed by atoms with van der Waals surface area (Å²) in [6.45, 7) is 7.14. The fourth-order valence-corrected chi connectivity index (χ4v) is 4.48. The summed E-state index contributed by atoms with van der Waals surface area (Å²) in [5.74, 6) is 0. The molecular weight excluding hydrogens is 270 g/mol. The van der Waals surface area contributed by atoms with Crippen LogP contribution in [0.5, 0.6) is 0 Å². The number of nitrogens with zero attached hydrogens (tertiary/aromatic N) is 1. The fourth-order valence-electron chi connectivity index (χ4n) is 2.64. The highest BCUT2D eigenvalue weighted by molar-refractivity contribution is 6.90. The van der Waals surface area contributed by atoms with Crippen LogP contribution in [-0.4, -0.2) is 13.1 Å². The summed E-state index contributed by atoms with van der Waals surface area (Å²) in [4.78, 5) is 4.16. The summed E-state index contributed by atoms with van der Waals surface area (Å²) < 4.78 is 0. The Hall–Kier alpha value is -1.38. The van der Waals surface area contributed by atoms with E-state index in [-0.39, 0.29) is 0 Å². The number of aromatic nitrogens is 1. The Morgan fingerprint density at radius 3 is 2.26 bits per heavy atom. The Morgan fingerprint density at radius 1 is 0.842 bits per heavy atom. The van der Waals surface area contributed by atoms with Crippen LogP contribution in [0.2, 0.25) is 24.8 Å². The first-order valence-corrected chi connectivity index (χ1v) is 10.3. The third-order valence-electron chi connectivity index (χ3n) is 3.56. The molecule has 2 aromatic carbocycles. The number of halogens is 1. The van der Waals surface area contributed by atoms with Crippen LogP contribution < -0.4 is 5.19 Å². The molecule has 1 heterocycles. The van der Waals surface area contributed by atoms with Crippen LogP contribution in [0, 0.1) is 0 Å². The molecule has 0 aliphatic heterocycles. The van der Waals surface area contributed by atoms with Gasteiger partial charge in [-0.25, -0.2) is 4.98 Å². The molecule has 1 aromatic heterocycles. The monoisotopic (exact) mass is 285 g/mol. The van der Waals surface area contributed by atoms with Crippen LogP contribution in [0.3, 0.4) is 0 Å². The van der Waals surface area contributed by atoms with E-state index in [2.05, 4.69) is 61.0 Å². The lowest BCUT2D eigenvalue weighted by molar-refractivity contribution is 1.37. The maximum atomic E-state index is 6.18. The van der Waals surface area contributed by atoms with Gasteiger partial charge in [0.2, 0.25) is 0 Å². The van der Waals surface area contributed by atoms with Gasteiger partial charge in [-0.05, 0) is 22.2 Å². The third-order valence-corrected chi connectivity index (χ3v) is 5.92. The summed E-state index contributed by atoms with van der Waals surface area (Å²) in [7, 11) is -1.35. The Kier molecular flexibility index (Phi) is 2.88. The average molecular weight is 286 g/mol. The van der Waals surface area contributed by atoms with Gasteiger partial charge >= 0.3 is 0 Å². The smallest absolute Gasteiger partial charge is 0.136 e. The second-order valence-electron chi connectivity index (χ2n) is 5.91. The first kappa shape index (κ1) is 12.6. The number of rotatable bonds is 1. The van der Waals surface area contributed by atoms with Crippen molar-refractivity contribution in [2.24, 2.45) is 0 Å². The average Bonchev–Trinajstić information content (AvgIpc) is 2.37. The van der Waals surface area contributed by atoms with E-state index in [4.69, 9.17) is 11.6 Å². The molecule has 0 amide bonds. The molecule has 0 atom stereocenters. The van der Waals surface area contributed by atoms with E-state index in [0.717, 1.165) is 5.39 Å². The van der Waals surface area contributed by atoms with Gasteiger partial charge in [0, 0.05) is 11.6 Å². The lowest BCUT2D eigenvalue weighted by Gasteiger charge is -2.19. The van der Waals surface area contributed by atoms with Crippen molar-refractivity contribution in [1.82, 2.24) is 4.98 Å². The van der Waals surface area contributed by atoms with E-state index >= 15 is 0 Å². The molecule has 3 aromatic rings. The largest absolute Gasteiger partial charge is 0.244 e. The van der Waals surface area contributed by atoms with Crippen molar-refractivity contribution in [2.45, 2.75) is 19.6 Å². The van der Waals surface area contributed by atoms with Crippen LogP contribution in [0.4, 0.5) is 0 Å². The van der Waals surface area contributed by atoms with Gasteiger partial charge in [-0.15, -0.1) is 0 Å². The van der Waals surface area contributed by atoms with Crippen molar-refractivity contribution >= 4 is 46.4 Å². The zero-order valence-electron chi connectivity index (χ0n) is 11.4. The van der Waals surface area contributed by atoms with Gasteiger partial charge < -0.3 is 0 Å². The van der Waals surface area contributed by atoms with E-state index in [0.29, 0.717) is 5.15 Å². The van der Waals surface area contributed by atoms with E-state index in [9.17, 15) is 0 Å². The van der Waals surface area contributed by atoms with Gasteiger partial charge in [0.15, 0.2) is 0 Å². The molecule has 19 heavy (non-hydrogen) atoms. The highest BCUT2D eigenvalue weighted by atomic mass is 35.5. The summed E-state index contributed by atoms with van der Waals surface area (Å²) >= 11 is 6.18. The molecule has 0 spiro atoms. The lowest BCUT2D eigenvalue weighted by atomic mass is 10.0. The second-order valence-corrected chi connectivity index (χ2v) is 11.3. The number of hydrogen-bond donors (Lipinski definition) is 0. The maximum absolute atomic E-state index is 6.18. The van der Waals surface area contributed by atoms with Crippen molar-refractivity contribution in [2.75, 3.05) is 0 Å². The molecule has 3 rings (SSSR count). The van der Waals surface area contributed by atoms with E-state index in [1.54, 1.807) is 6.20 Å². The first-order chi connectivity index (χ1) is 8.98. The third kappa shape index (κ3) is 2.05. The molecule has 0 saturated carbocycles. The zero-order valence-corrected chi connectivity index (χ0v) is 13.1. The van der Waals surface area contributed by atoms with Crippen LogP contribution in [0.25, 0.3) is 21.5 Å². The van der Waals surface area contributed by atoms with Crippen LogP contribution in [0.15, 0.2) is 42.6 Å². The molecule has 0 unspecified atom stereocenters. The quantitative estimate of drug-likeness (QED) is 0.362. The summed E-state index contributed by atoms with van der Waals surface area (Å²) in [6, 6.07) is 12.9. The molecule has 96 valence electrons. The lowest BCUT2D eigenvalue weighted by Crippen LogP contribution is -2.37. The molecule has 0 aliphatic carbocycles. The summed E-state index contributed by atoms with van der Waals surface area (Å²) in [5.41, 5.74) is 0. The minimum atomic E-state index is -1.35. The first-order valence-electron chi connectivity index (χ1n) is 6.45. The van der Waals surface area contributed by atoms with Crippen molar-refractivity contribution in [3.8, 4) is 0 Å². The Morgan fingerprint density at radius 2 is 1.53 bits per heavy atom. The molecule has 0 fully saturated rings. The Labute approximate surface area is 119 Å². The van der Waals surface area contributed by atoms with Crippen LogP contribution in [-0.2, 0) is 0 Å². The molecule has 3 heteroatoms. The van der Waals surface area contributed by atoms with Gasteiger partial charge in [-0.3, -0.25) is 0 Å². The maximum Gasteiger partial charge on any atom is 0.136 e. The molecule has 1 nitrogen and oxygen atoms in total. The minimum absolute atomic E-state index is 0.581. The van der Waals surface area contributed by atoms with Crippen LogP contribution >= 0.6 is 11.6 Å². The molecule has 0 saturated heterocycles. The number of pyridine rings is 1. The zero-order chi connectivity index (χ0) is 13.6. The van der Waals surface area contributed by atoms with Gasteiger partial charge in [0.1, 0.15) is 5.15 Å². The Bertz CT molecular complexity index is 775. The van der Waals surface area contributed by atoms with Crippen molar-refractivity contribution < 1.29 is 0 Å². The number of benzene rings is 2. The summed E-state index contributed by atoms with van der Waals surface area (Å²) in [6.07, 6.45) is 1.78. The minimum Gasteiger partial charge on any atom is -0.244 e. The summed E-state index contributed by atoms with van der Waals surface area (Å²) in [5, 5.41) is 6.94. The van der Waals surface area contributed by atoms with E-state index in [1.165, 1.54) is 21.3 Å². The van der Waals surface area contributed by atoms with Crippen LogP contribution in [0.1, 0.15) is 0 Å². The molecule has 0 bridgehead atoms. The molecule has 0 radical (unpaired) electrons. The molecular formula is C16H16ClNSi. The highest BCUT2D eigenvalue weighted by Gasteiger charge is 2.19.